The van der Waals surface area contributed by atoms with Crippen LogP contribution >= 0.6 is 0 Å². The van der Waals surface area contributed by atoms with Crippen molar-refractivity contribution in [3.8, 4) is 11.5 Å². The molecule has 156 valence electrons. The van der Waals surface area contributed by atoms with Gasteiger partial charge in [-0.15, -0.1) is 0 Å². The Bertz CT molecular complexity index is 810. The summed E-state index contributed by atoms with van der Waals surface area (Å²) in [5.41, 5.74) is 3.56. The summed E-state index contributed by atoms with van der Waals surface area (Å²) in [6, 6.07) is 2.06. The number of hydrogen-bond donors (Lipinski definition) is 2. The summed E-state index contributed by atoms with van der Waals surface area (Å²) in [5.74, 6) is 6.19. The summed E-state index contributed by atoms with van der Waals surface area (Å²) in [4.78, 5) is 0. The molecule has 29 heavy (non-hydrogen) atoms. The van der Waals surface area contributed by atoms with Gasteiger partial charge >= 0.3 is 0 Å². The fraction of sp³-hybridized carbons (Fsp3) is 0.778. The molecule has 0 aromatic heterocycles. The van der Waals surface area contributed by atoms with Crippen molar-refractivity contribution in [2.75, 3.05) is 0 Å². The molecule has 1 aromatic carbocycles. The molecule has 2 heteroatoms. The molecule has 1 aromatic rings. The van der Waals surface area contributed by atoms with E-state index in [9.17, 15) is 10.2 Å². The van der Waals surface area contributed by atoms with E-state index in [-0.39, 0.29) is 10.8 Å². The Morgan fingerprint density at radius 2 is 1.03 bits per heavy atom. The lowest BCUT2D eigenvalue weighted by atomic mass is 9.46. The molecule has 0 atom stereocenters. The molecule has 0 radical (unpaired) electrons. The van der Waals surface area contributed by atoms with E-state index >= 15 is 0 Å². The van der Waals surface area contributed by atoms with E-state index in [4.69, 9.17) is 0 Å². The van der Waals surface area contributed by atoms with Gasteiger partial charge in [0.25, 0.3) is 0 Å². The minimum atomic E-state index is 0.139. The van der Waals surface area contributed by atoms with Crippen molar-refractivity contribution in [3.63, 3.8) is 0 Å². The summed E-state index contributed by atoms with van der Waals surface area (Å²) >= 11 is 0. The molecule has 0 spiro atoms. The monoisotopic (exact) mass is 392 g/mol. The van der Waals surface area contributed by atoms with E-state index in [0.717, 1.165) is 52.2 Å². The predicted molar refractivity (Wildman–Crippen MR) is 114 cm³/mol. The minimum absolute atomic E-state index is 0.139. The molecule has 8 saturated carbocycles. The van der Waals surface area contributed by atoms with Crippen molar-refractivity contribution < 1.29 is 10.2 Å². The van der Waals surface area contributed by atoms with Crippen molar-refractivity contribution in [1.29, 1.82) is 0 Å². The first-order valence-electron chi connectivity index (χ1n) is 12.5. The zero-order chi connectivity index (χ0) is 19.5. The van der Waals surface area contributed by atoms with Gasteiger partial charge in [0.2, 0.25) is 0 Å². The van der Waals surface area contributed by atoms with Crippen LogP contribution in [0, 0.1) is 42.4 Å². The van der Waals surface area contributed by atoms with Crippen LogP contribution in [0.15, 0.2) is 6.07 Å². The van der Waals surface area contributed by atoms with Crippen LogP contribution in [-0.4, -0.2) is 10.2 Å². The third kappa shape index (κ3) is 2.30. The number of aromatic hydroxyl groups is 2. The summed E-state index contributed by atoms with van der Waals surface area (Å²) < 4.78 is 0. The normalized spacial score (nSPS) is 49.1. The molecular formula is C27H36O2. The molecular weight excluding hydrogens is 356 g/mol. The third-order valence-corrected chi connectivity index (χ3v) is 10.7. The predicted octanol–water partition coefficient (Wildman–Crippen LogP) is 6.34. The highest BCUT2D eigenvalue weighted by atomic mass is 16.3. The van der Waals surface area contributed by atoms with Crippen LogP contribution in [0.4, 0.5) is 0 Å². The molecule has 8 bridgehead atoms. The Kier molecular flexibility index (Phi) is 3.34. The highest BCUT2D eigenvalue weighted by molar-refractivity contribution is 5.58. The van der Waals surface area contributed by atoms with Crippen LogP contribution in [0.2, 0.25) is 0 Å². The number of phenols is 2. The Morgan fingerprint density at radius 1 is 0.655 bits per heavy atom. The highest BCUT2D eigenvalue weighted by Crippen LogP contribution is 2.65. The first kappa shape index (κ1) is 17.5. The Labute approximate surface area is 175 Å². The fourth-order valence-corrected chi connectivity index (χ4v) is 10.7. The van der Waals surface area contributed by atoms with Crippen LogP contribution in [0.3, 0.4) is 0 Å². The van der Waals surface area contributed by atoms with Gasteiger partial charge in [0.15, 0.2) is 0 Å². The number of benzene rings is 1. The Hall–Kier alpha value is -1.18. The molecule has 2 N–H and O–H groups in total. The van der Waals surface area contributed by atoms with Gasteiger partial charge in [0, 0.05) is 16.5 Å². The van der Waals surface area contributed by atoms with E-state index in [1.807, 2.05) is 0 Å². The molecule has 0 saturated heterocycles. The molecule has 8 aliphatic carbocycles. The summed E-state index contributed by atoms with van der Waals surface area (Å²) in [6.45, 7) is 2.12. The molecule has 0 amide bonds. The zero-order valence-corrected chi connectivity index (χ0v) is 17.9. The molecule has 8 aliphatic rings. The SMILES string of the molecule is Cc1c(O)c(C23CC4CC(CC(C4)C2)C3)cc(O)c1C12CC3CC(CC(C3)C1)C2. The smallest absolute Gasteiger partial charge is 0.122 e. The minimum Gasteiger partial charge on any atom is -0.508 e. The van der Waals surface area contributed by atoms with Crippen molar-refractivity contribution >= 4 is 0 Å². The highest BCUT2D eigenvalue weighted by Gasteiger charge is 2.55. The van der Waals surface area contributed by atoms with Gasteiger partial charge in [-0.2, -0.15) is 0 Å². The van der Waals surface area contributed by atoms with E-state index in [0.29, 0.717) is 11.5 Å². The van der Waals surface area contributed by atoms with Gasteiger partial charge < -0.3 is 10.2 Å². The lowest BCUT2D eigenvalue weighted by molar-refractivity contribution is -0.00879. The zero-order valence-electron chi connectivity index (χ0n) is 17.9. The second-order valence-corrected chi connectivity index (χ2v) is 12.7. The lowest BCUT2D eigenvalue weighted by Gasteiger charge is -2.58. The number of phenolic OH excluding ortho intramolecular Hbond substituents is 2. The average molecular weight is 393 g/mol. The first-order valence-corrected chi connectivity index (χ1v) is 12.5. The van der Waals surface area contributed by atoms with Crippen molar-refractivity contribution in [3.05, 3.63) is 22.8 Å². The average Bonchev–Trinajstić information content (AvgIpc) is 2.62. The van der Waals surface area contributed by atoms with Crippen molar-refractivity contribution in [2.45, 2.75) is 94.8 Å². The Morgan fingerprint density at radius 3 is 1.45 bits per heavy atom. The van der Waals surface area contributed by atoms with E-state index < -0.39 is 0 Å². The van der Waals surface area contributed by atoms with Crippen LogP contribution in [0.5, 0.6) is 11.5 Å². The molecule has 0 aliphatic heterocycles. The second kappa shape index (κ2) is 5.54. The van der Waals surface area contributed by atoms with E-state index in [1.165, 1.54) is 77.0 Å². The van der Waals surface area contributed by atoms with Crippen LogP contribution < -0.4 is 0 Å². The third-order valence-electron chi connectivity index (χ3n) is 10.7. The van der Waals surface area contributed by atoms with Gasteiger partial charge in [0.05, 0.1) is 0 Å². The number of hydrogen-bond acceptors (Lipinski definition) is 2. The molecule has 2 nitrogen and oxygen atoms in total. The van der Waals surface area contributed by atoms with Crippen molar-refractivity contribution in [2.24, 2.45) is 35.5 Å². The number of rotatable bonds is 2. The maximum Gasteiger partial charge on any atom is 0.122 e. The van der Waals surface area contributed by atoms with Crippen molar-refractivity contribution in [1.82, 2.24) is 0 Å². The van der Waals surface area contributed by atoms with E-state index in [2.05, 4.69) is 13.0 Å². The van der Waals surface area contributed by atoms with Crippen LogP contribution in [-0.2, 0) is 10.8 Å². The molecule has 0 unspecified atom stereocenters. The second-order valence-electron chi connectivity index (χ2n) is 12.7. The van der Waals surface area contributed by atoms with Gasteiger partial charge in [-0.3, -0.25) is 0 Å². The lowest BCUT2D eigenvalue weighted by Crippen LogP contribution is -2.49. The van der Waals surface area contributed by atoms with Gasteiger partial charge in [-0.25, -0.2) is 0 Å². The summed E-state index contributed by atoms with van der Waals surface area (Å²) in [6.07, 6.45) is 15.9. The van der Waals surface area contributed by atoms with Crippen LogP contribution in [0.25, 0.3) is 0 Å². The molecule has 0 heterocycles. The first-order chi connectivity index (χ1) is 13.9. The summed E-state index contributed by atoms with van der Waals surface area (Å²) in [7, 11) is 0. The molecule has 9 rings (SSSR count). The van der Waals surface area contributed by atoms with Gasteiger partial charge in [0.1, 0.15) is 11.5 Å². The molecule has 8 fully saturated rings. The fourth-order valence-electron chi connectivity index (χ4n) is 10.7. The van der Waals surface area contributed by atoms with Gasteiger partial charge in [-0.05, 0) is 137 Å². The maximum atomic E-state index is 11.6. The maximum absolute atomic E-state index is 11.6. The quantitative estimate of drug-likeness (QED) is 0.576. The van der Waals surface area contributed by atoms with Gasteiger partial charge in [-0.1, -0.05) is 0 Å². The Balaban J connectivity index is 1.34. The topological polar surface area (TPSA) is 40.5 Å². The largest absolute Gasteiger partial charge is 0.508 e. The van der Waals surface area contributed by atoms with E-state index in [1.54, 1.807) is 0 Å². The standard InChI is InChI=1S/C27H36O2/c1-15-24(27-12-19-5-20(13-27)7-21(6-19)14-27)23(28)8-22(25(15)29)26-9-16-2-17(10-26)4-18(3-16)11-26/h8,16-21,28-29H,2-7,9-14H2,1H3. The summed E-state index contributed by atoms with van der Waals surface area (Å²) in [5, 5.41) is 23.0. The van der Waals surface area contributed by atoms with Crippen LogP contribution in [0.1, 0.15) is 93.7 Å².